The van der Waals surface area contributed by atoms with E-state index >= 15 is 0 Å². The van der Waals surface area contributed by atoms with Crippen molar-refractivity contribution in [2.75, 3.05) is 18.0 Å². The second kappa shape index (κ2) is 8.93. The molecule has 0 saturated heterocycles. The summed E-state index contributed by atoms with van der Waals surface area (Å²) < 4.78 is 0.970. The SMILES string of the molecule is CCC(CC)C(=O)NCCN(C(C)=O)c1ccc(C)c(Br)c1. The predicted molar refractivity (Wildman–Crippen MR) is 94.0 cm³/mol. The number of hydrogen-bond donors (Lipinski definition) is 1. The summed E-state index contributed by atoms with van der Waals surface area (Å²) >= 11 is 3.48. The highest BCUT2D eigenvalue weighted by Gasteiger charge is 2.16. The summed E-state index contributed by atoms with van der Waals surface area (Å²) in [5, 5.41) is 2.92. The van der Waals surface area contributed by atoms with Crippen LogP contribution in [0.15, 0.2) is 22.7 Å². The van der Waals surface area contributed by atoms with Gasteiger partial charge in [0.1, 0.15) is 0 Å². The largest absolute Gasteiger partial charge is 0.354 e. The van der Waals surface area contributed by atoms with Gasteiger partial charge in [-0.3, -0.25) is 9.59 Å². The maximum atomic E-state index is 12.0. The van der Waals surface area contributed by atoms with Crippen LogP contribution in [-0.4, -0.2) is 24.9 Å². The molecule has 1 aromatic rings. The van der Waals surface area contributed by atoms with Gasteiger partial charge in [-0.25, -0.2) is 0 Å². The van der Waals surface area contributed by atoms with Crippen molar-refractivity contribution < 1.29 is 9.59 Å². The van der Waals surface area contributed by atoms with Gasteiger partial charge in [-0.05, 0) is 37.5 Å². The Morgan fingerprint density at radius 1 is 1.27 bits per heavy atom. The summed E-state index contributed by atoms with van der Waals surface area (Å²) in [5.41, 5.74) is 1.95. The first-order chi connectivity index (χ1) is 10.4. The molecule has 0 aliphatic rings. The van der Waals surface area contributed by atoms with Gasteiger partial charge in [-0.15, -0.1) is 0 Å². The van der Waals surface area contributed by atoms with Gasteiger partial charge in [-0.2, -0.15) is 0 Å². The van der Waals surface area contributed by atoms with Crippen LogP contribution >= 0.6 is 15.9 Å². The van der Waals surface area contributed by atoms with Crippen molar-refractivity contribution in [3.8, 4) is 0 Å². The fourth-order valence-electron chi connectivity index (χ4n) is 2.31. The minimum atomic E-state index is -0.0347. The van der Waals surface area contributed by atoms with Crippen LogP contribution in [0, 0.1) is 12.8 Å². The van der Waals surface area contributed by atoms with E-state index in [1.54, 1.807) is 4.90 Å². The zero-order chi connectivity index (χ0) is 16.7. The van der Waals surface area contributed by atoms with Crippen molar-refractivity contribution in [1.82, 2.24) is 5.32 Å². The summed E-state index contributed by atoms with van der Waals surface area (Å²) in [6.45, 7) is 8.49. The van der Waals surface area contributed by atoms with Crippen LogP contribution in [0.25, 0.3) is 0 Å². The third-order valence-electron chi connectivity index (χ3n) is 3.84. The fourth-order valence-corrected chi connectivity index (χ4v) is 2.68. The topological polar surface area (TPSA) is 49.4 Å². The maximum Gasteiger partial charge on any atom is 0.223 e. The molecule has 5 heteroatoms. The predicted octanol–water partition coefficient (Wildman–Crippen LogP) is 3.66. The molecule has 122 valence electrons. The molecule has 0 aliphatic heterocycles. The third kappa shape index (κ3) is 5.13. The zero-order valence-electron chi connectivity index (χ0n) is 13.8. The molecule has 0 unspecified atom stereocenters. The molecule has 0 spiro atoms. The molecule has 0 heterocycles. The van der Waals surface area contributed by atoms with E-state index in [2.05, 4.69) is 21.2 Å². The minimum absolute atomic E-state index is 0.0347. The average Bonchev–Trinajstić information content (AvgIpc) is 2.47. The lowest BCUT2D eigenvalue weighted by Crippen LogP contribution is -2.39. The van der Waals surface area contributed by atoms with Crippen LogP contribution in [0.5, 0.6) is 0 Å². The molecule has 4 nitrogen and oxygen atoms in total. The molecule has 1 aromatic carbocycles. The molecule has 1 rings (SSSR count). The molecule has 0 aromatic heterocycles. The number of amides is 2. The Kier molecular flexibility index (Phi) is 7.59. The van der Waals surface area contributed by atoms with Crippen molar-refractivity contribution in [2.45, 2.75) is 40.5 Å². The van der Waals surface area contributed by atoms with Crippen molar-refractivity contribution in [3.05, 3.63) is 28.2 Å². The average molecular weight is 369 g/mol. The smallest absolute Gasteiger partial charge is 0.223 e. The molecule has 0 fully saturated rings. The van der Waals surface area contributed by atoms with Gasteiger partial charge in [0.2, 0.25) is 11.8 Å². The zero-order valence-corrected chi connectivity index (χ0v) is 15.4. The van der Waals surface area contributed by atoms with Crippen LogP contribution in [0.1, 0.15) is 39.2 Å². The lowest BCUT2D eigenvalue weighted by Gasteiger charge is -2.22. The number of carbonyl (C=O) groups is 2. The number of nitrogens with one attached hydrogen (secondary N) is 1. The first-order valence-corrected chi connectivity index (χ1v) is 8.51. The maximum absolute atomic E-state index is 12.0. The quantitative estimate of drug-likeness (QED) is 0.798. The van der Waals surface area contributed by atoms with E-state index in [1.807, 2.05) is 39.0 Å². The molecule has 0 saturated carbocycles. The molecule has 1 N–H and O–H groups in total. The molecular weight excluding hydrogens is 344 g/mol. The standard InChI is InChI=1S/C17H25BrN2O2/c1-5-14(6-2)17(22)19-9-10-20(13(4)21)15-8-7-12(3)16(18)11-15/h7-8,11,14H,5-6,9-10H2,1-4H3,(H,19,22). The van der Waals surface area contributed by atoms with E-state index in [0.717, 1.165) is 28.6 Å². The van der Waals surface area contributed by atoms with Crippen molar-refractivity contribution in [3.63, 3.8) is 0 Å². The third-order valence-corrected chi connectivity index (χ3v) is 4.69. The van der Waals surface area contributed by atoms with Crippen molar-refractivity contribution in [2.24, 2.45) is 5.92 Å². The summed E-state index contributed by atoms with van der Waals surface area (Å²) in [6, 6.07) is 5.82. The number of nitrogens with zero attached hydrogens (tertiary/aromatic N) is 1. The Labute approximate surface area is 141 Å². The van der Waals surface area contributed by atoms with E-state index in [4.69, 9.17) is 0 Å². The molecule has 0 atom stereocenters. The van der Waals surface area contributed by atoms with Gasteiger partial charge in [0, 0.05) is 36.1 Å². The Bertz CT molecular complexity index is 527. The molecule has 0 bridgehead atoms. The minimum Gasteiger partial charge on any atom is -0.354 e. The number of aryl methyl sites for hydroxylation is 1. The van der Waals surface area contributed by atoms with E-state index in [0.29, 0.717) is 13.1 Å². The van der Waals surface area contributed by atoms with Gasteiger partial charge >= 0.3 is 0 Å². The van der Waals surface area contributed by atoms with E-state index in [-0.39, 0.29) is 17.7 Å². The number of benzene rings is 1. The van der Waals surface area contributed by atoms with Crippen molar-refractivity contribution in [1.29, 1.82) is 0 Å². The van der Waals surface area contributed by atoms with Crippen LogP contribution in [0.4, 0.5) is 5.69 Å². The number of anilines is 1. The highest BCUT2D eigenvalue weighted by molar-refractivity contribution is 9.10. The number of halogens is 1. The van der Waals surface area contributed by atoms with Crippen LogP contribution in [0.2, 0.25) is 0 Å². The van der Waals surface area contributed by atoms with E-state index in [1.165, 1.54) is 6.92 Å². The number of hydrogen-bond acceptors (Lipinski definition) is 2. The molecule has 0 aliphatic carbocycles. The van der Waals surface area contributed by atoms with Crippen LogP contribution in [0.3, 0.4) is 0 Å². The monoisotopic (exact) mass is 368 g/mol. The summed E-state index contributed by atoms with van der Waals surface area (Å²) in [6.07, 6.45) is 1.67. The number of rotatable bonds is 7. The van der Waals surface area contributed by atoms with Gasteiger partial charge in [0.25, 0.3) is 0 Å². The van der Waals surface area contributed by atoms with E-state index < -0.39 is 0 Å². The lowest BCUT2D eigenvalue weighted by molar-refractivity contribution is -0.125. The number of carbonyl (C=O) groups excluding carboxylic acids is 2. The van der Waals surface area contributed by atoms with Gasteiger partial charge in [0.05, 0.1) is 0 Å². The highest BCUT2D eigenvalue weighted by atomic mass is 79.9. The Morgan fingerprint density at radius 3 is 2.41 bits per heavy atom. The van der Waals surface area contributed by atoms with Crippen molar-refractivity contribution >= 4 is 33.4 Å². The Balaban J connectivity index is 2.68. The first-order valence-electron chi connectivity index (χ1n) is 7.72. The summed E-state index contributed by atoms with van der Waals surface area (Å²) in [5.74, 6) is 0.0884. The van der Waals surface area contributed by atoms with Gasteiger partial charge < -0.3 is 10.2 Å². The molecule has 2 amide bonds. The Hall–Kier alpha value is -1.36. The second-order valence-corrected chi connectivity index (χ2v) is 6.26. The highest BCUT2D eigenvalue weighted by Crippen LogP contribution is 2.23. The normalized spacial score (nSPS) is 10.6. The second-order valence-electron chi connectivity index (χ2n) is 5.41. The van der Waals surface area contributed by atoms with Gasteiger partial charge in [0.15, 0.2) is 0 Å². The van der Waals surface area contributed by atoms with E-state index in [9.17, 15) is 9.59 Å². The molecular formula is C17H25BrN2O2. The molecule has 22 heavy (non-hydrogen) atoms. The lowest BCUT2D eigenvalue weighted by atomic mass is 10.0. The van der Waals surface area contributed by atoms with Crippen LogP contribution in [-0.2, 0) is 9.59 Å². The summed E-state index contributed by atoms with van der Waals surface area (Å²) in [4.78, 5) is 25.5. The van der Waals surface area contributed by atoms with Gasteiger partial charge in [-0.1, -0.05) is 35.8 Å². The Morgan fingerprint density at radius 2 is 1.91 bits per heavy atom. The first kappa shape index (κ1) is 18.7. The summed E-state index contributed by atoms with van der Waals surface area (Å²) in [7, 11) is 0. The van der Waals surface area contributed by atoms with Crippen LogP contribution < -0.4 is 10.2 Å². The fraction of sp³-hybridized carbons (Fsp3) is 0.529. The molecule has 0 radical (unpaired) electrons.